The van der Waals surface area contributed by atoms with Crippen molar-refractivity contribution in [2.24, 2.45) is 4.99 Å². The van der Waals surface area contributed by atoms with E-state index in [1.807, 2.05) is 0 Å². The first-order chi connectivity index (χ1) is 11.5. The third-order valence-electron chi connectivity index (χ3n) is 3.81. The summed E-state index contributed by atoms with van der Waals surface area (Å²) in [6.45, 7) is 12.1. The molecule has 0 spiro atoms. The van der Waals surface area contributed by atoms with Crippen molar-refractivity contribution in [3.8, 4) is 0 Å². The van der Waals surface area contributed by atoms with Crippen LogP contribution >= 0.6 is 35.3 Å². The number of hydrogen-bond acceptors (Lipinski definition) is 3. The molecule has 0 aliphatic carbocycles. The Morgan fingerprint density at radius 2 is 1.96 bits per heavy atom. The van der Waals surface area contributed by atoms with Crippen LogP contribution in [0.5, 0.6) is 0 Å². The van der Waals surface area contributed by atoms with Crippen LogP contribution in [0.1, 0.15) is 61.5 Å². The molecule has 1 heterocycles. The molecule has 1 atom stereocenters. The lowest BCUT2D eigenvalue weighted by Crippen LogP contribution is -2.38. The van der Waals surface area contributed by atoms with Crippen LogP contribution in [-0.2, 0) is 6.54 Å². The van der Waals surface area contributed by atoms with Crippen molar-refractivity contribution in [1.82, 2.24) is 15.6 Å². The third kappa shape index (κ3) is 6.58. The van der Waals surface area contributed by atoms with E-state index in [4.69, 9.17) is 4.99 Å². The number of benzene rings is 1. The van der Waals surface area contributed by atoms with Gasteiger partial charge in [0.25, 0.3) is 0 Å². The molecule has 1 unspecified atom stereocenters. The minimum absolute atomic E-state index is 0. The van der Waals surface area contributed by atoms with Gasteiger partial charge < -0.3 is 10.6 Å². The Morgan fingerprint density at radius 1 is 1.24 bits per heavy atom. The largest absolute Gasteiger partial charge is 0.357 e. The van der Waals surface area contributed by atoms with E-state index in [0.717, 1.165) is 18.2 Å². The standard InChI is InChI=1S/C19H28N4S.HI/c1-6-20-19(21-11-16-12-24-18(23-16)13(2)3)22-15(5)17-10-8-7-9-14(17)4;/h7-10,12-13,15H,6,11H2,1-5H3,(H2,20,21,22);1H. The number of aryl methyl sites for hydroxylation is 1. The number of aromatic nitrogens is 1. The van der Waals surface area contributed by atoms with Gasteiger partial charge in [0, 0.05) is 17.8 Å². The first kappa shape index (κ1) is 21.9. The average molecular weight is 472 g/mol. The van der Waals surface area contributed by atoms with E-state index in [1.165, 1.54) is 16.1 Å². The maximum absolute atomic E-state index is 4.69. The number of guanidine groups is 1. The monoisotopic (exact) mass is 472 g/mol. The van der Waals surface area contributed by atoms with Crippen molar-refractivity contribution in [2.75, 3.05) is 6.54 Å². The normalized spacial score (nSPS) is 12.6. The summed E-state index contributed by atoms with van der Waals surface area (Å²) in [5.74, 6) is 1.30. The average Bonchev–Trinajstić information content (AvgIpc) is 3.02. The molecule has 25 heavy (non-hydrogen) atoms. The SMILES string of the molecule is CCNC(=NCc1csc(C(C)C)n1)NC(C)c1ccccc1C.I. The Hall–Kier alpha value is -1.15. The highest BCUT2D eigenvalue weighted by Crippen LogP contribution is 2.20. The maximum atomic E-state index is 4.69. The van der Waals surface area contributed by atoms with Crippen LogP contribution in [0, 0.1) is 6.92 Å². The fourth-order valence-corrected chi connectivity index (χ4v) is 3.32. The second-order valence-electron chi connectivity index (χ2n) is 6.25. The van der Waals surface area contributed by atoms with Crippen molar-refractivity contribution in [3.63, 3.8) is 0 Å². The van der Waals surface area contributed by atoms with Crippen molar-refractivity contribution >= 4 is 41.3 Å². The van der Waals surface area contributed by atoms with E-state index in [1.54, 1.807) is 11.3 Å². The van der Waals surface area contributed by atoms with E-state index < -0.39 is 0 Å². The quantitative estimate of drug-likeness (QED) is 0.353. The lowest BCUT2D eigenvalue weighted by atomic mass is 10.0. The maximum Gasteiger partial charge on any atom is 0.192 e. The van der Waals surface area contributed by atoms with Gasteiger partial charge in [-0.3, -0.25) is 0 Å². The number of nitrogens with zero attached hydrogens (tertiary/aromatic N) is 2. The summed E-state index contributed by atoms with van der Waals surface area (Å²) in [4.78, 5) is 9.34. The molecule has 0 saturated carbocycles. The predicted molar refractivity (Wildman–Crippen MR) is 119 cm³/mol. The van der Waals surface area contributed by atoms with Gasteiger partial charge in [0.15, 0.2) is 5.96 Å². The summed E-state index contributed by atoms with van der Waals surface area (Å²) < 4.78 is 0. The molecule has 0 saturated heterocycles. The number of thiazole rings is 1. The Balaban J connectivity index is 0.00000312. The molecule has 2 aromatic rings. The fourth-order valence-electron chi connectivity index (χ4n) is 2.50. The van der Waals surface area contributed by atoms with Crippen LogP contribution in [0.2, 0.25) is 0 Å². The first-order valence-corrected chi connectivity index (χ1v) is 9.43. The van der Waals surface area contributed by atoms with Crippen LogP contribution in [-0.4, -0.2) is 17.5 Å². The summed E-state index contributed by atoms with van der Waals surface area (Å²) in [6.07, 6.45) is 0. The summed E-state index contributed by atoms with van der Waals surface area (Å²) in [5.41, 5.74) is 3.61. The highest BCUT2D eigenvalue weighted by atomic mass is 127. The van der Waals surface area contributed by atoms with Crippen LogP contribution in [0.25, 0.3) is 0 Å². The second-order valence-corrected chi connectivity index (χ2v) is 7.14. The Bertz CT molecular complexity index is 682. The summed E-state index contributed by atoms with van der Waals surface area (Å²) in [5, 5.41) is 10.1. The van der Waals surface area contributed by atoms with Gasteiger partial charge in [-0.25, -0.2) is 9.98 Å². The molecule has 0 radical (unpaired) electrons. The van der Waals surface area contributed by atoms with E-state index in [-0.39, 0.29) is 30.0 Å². The summed E-state index contributed by atoms with van der Waals surface area (Å²) in [7, 11) is 0. The van der Waals surface area contributed by atoms with Gasteiger partial charge in [-0.2, -0.15) is 0 Å². The molecule has 2 N–H and O–H groups in total. The molecule has 138 valence electrons. The van der Waals surface area contributed by atoms with E-state index in [2.05, 4.69) is 79.9 Å². The minimum atomic E-state index is 0. The van der Waals surface area contributed by atoms with Gasteiger partial charge in [-0.05, 0) is 31.9 Å². The molecule has 1 aromatic heterocycles. The lowest BCUT2D eigenvalue weighted by Gasteiger charge is -2.19. The van der Waals surface area contributed by atoms with Gasteiger partial charge in [0.05, 0.1) is 23.3 Å². The van der Waals surface area contributed by atoms with Crippen LogP contribution < -0.4 is 10.6 Å². The van der Waals surface area contributed by atoms with Crippen molar-refractivity contribution in [3.05, 3.63) is 51.5 Å². The van der Waals surface area contributed by atoms with Crippen molar-refractivity contribution in [1.29, 1.82) is 0 Å². The molecule has 1 aromatic carbocycles. The Labute approximate surface area is 172 Å². The molecule has 0 fully saturated rings. The minimum Gasteiger partial charge on any atom is -0.357 e. The smallest absolute Gasteiger partial charge is 0.192 e. The molecular formula is C19H29IN4S. The predicted octanol–water partition coefficient (Wildman–Crippen LogP) is 5.01. The van der Waals surface area contributed by atoms with Crippen molar-refractivity contribution < 1.29 is 0 Å². The molecular weight excluding hydrogens is 443 g/mol. The number of nitrogens with one attached hydrogen (secondary N) is 2. The van der Waals surface area contributed by atoms with Gasteiger partial charge in [0.1, 0.15) is 0 Å². The summed E-state index contributed by atoms with van der Waals surface area (Å²) >= 11 is 1.71. The zero-order valence-electron chi connectivity index (χ0n) is 15.7. The topological polar surface area (TPSA) is 49.3 Å². The van der Waals surface area contributed by atoms with Crippen LogP contribution in [0.3, 0.4) is 0 Å². The number of rotatable bonds is 6. The second kappa shape index (κ2) is 10.8. The fraction of sp³-hybridized carbons (Fsp3) is 0.474. The Morgan fingerprint density at radius 3 is 2.56 bits per heavy atom. The summed E-state index contributed by atoms with van der Waals surface area (Å²) in [6, 6.07) is 8.64. The van der Waals surface area contributed by atoms with Crippen molar-refractivity contribution in [2.45, 2.75) is 53.1 Å². The van der Waals surface area contributed by atoms with Gasteiger partial charge in [-0.15, -0.1) is 35.3 Å². The molecule has 0 amide bonds. The van der Waals surface area contributed by atoms with E-state index in [9.17, 15) is 0 Å². The number of hydrogen-bond donors (Lipinski definition) is 2. The zero-order valence-corrected chi connectivity index (χ0v) is 18.8. The van der Waals surface area contributed by atoms with E-state index in [0.29, 0.717) is 12.5 Å². The van der Waals surface area contributed by atoms with Gasteiger partial charge in [-0.1, -0.05) is 38.1 Å². The molecule has 4 nitrogen and oxygen atoms in total. The van der Waals surface area contributed by atoms with E-state index >= 15 is 0 Å². The molecule has 0 aliphatic heterocycles. The highest BCUT2D eigenvalue weighted by Gasteiger charge is 2.10. The number of aliphatic imine (C=N–C) groups is 1. The third-order valence-corrected chi connectivity index (χ3v) is 5.01. The molecule has 6 heteroatoms. The molecule has 0 bridgehead atoms. The molecule has 2 rings (SSSR count). The van der Waals surface area contributed by atoms with Crippen LogP contribution in [0.4, 0.5) is 0 Å². The van der Waals surface area contributed by atoms with Crippen LogP contribution in [0.15, 0.2) is 34.6 Å². The van der Waals surface area contributed by atoms with Gasteiger partial charge in [0.2, 0.25) is 0 Å². The first-order valence-electron chi connectivity index (χ1n) is 8.56. The van der Waals surface area contributed by atoms with Gasteiger partial charge >= 0.3 is 0 Å². The Kier molecular flexibility index (Phi) is 9.42. The highest BCUT2D eigenvalue weighted by molar-refractivity contribution is 14.0. The zero-order chi connectivity index (χ0) is 17.5. The number of halogens is 1. The lowest BCUT2D eigenvalue weighted by molar-refractivity contribution is 0.681. The molecule has 0 aliphatic rings.